The molecular formula is C24H42O7Si. The Labute approximate surface area is 194 Å². The van der Waals surface area contributed by atoms with Crippen LogP contribution in [-0.4, -0.2) is 66.8 Å². The predicted molar refractivity (Wildman–Crippen MR) is 126 cm³/mol. The number of rotatable bonds is 12. The second-order valence-electron chi connectivity index (χ2n) is 10.2. The molecule has 2 rings (SSSR count). The van der Waals surface area contributed by atoms with Gasteiger partial charge in [-0.3, -0.25) is 0 Å². The van der Waals surface area contributed by atoms with Crippen molar-refractivity contribution < 1.29 is 32.8 Å². The number of methoxy groups -OCH3 is 2. The first kappa shape index (κ1) is 27.4. The third kappa shape index (κ3) is 7.33. The van der Waals surface area contributed by atoms with Crippen molar-refractivity contribution in [3.63, 3.8) is 0 Å². The summed E-state index contributed by atoms with van der Waals surface area (Å²) in [4.78, 5) is 0. The van der Waals surface area contributed by atoms with Crippen LogP contribution in [0.3, 0.4) is 0 Å². The largest absolute Gasteiger partial charge is 0.408 e. The summed E-state index contributed by atoms with van der Waals surface area (Å²) in [5.41, 5.74) is 0.984. The van der Waals surface area contributed by atoms with E-state index in [1.807, 2.05) is 44.2 Å². The van der Waals surface area contributed by atoms with Gasteiger partial charge in [-0.05, 0) is 37.5 Å². The summed E-state index contributed by atoms with van der Waals surface area (Å²) < 4.78 is 42.1. The van der Waals surface area contributed by atoms with Crippen LogP contribution in [0.5, 0.6) is 0 Å². The summed E-state index contributed by atoms with van der Waals surface area (Å²) in [7, 11) is 0.987. The second-order valence-corrected chi connectivity index (χ2v) is 14.9. The molecule has 0 spiro atoms. The fraction of sp³-hybridized carbons (Fsp3) is 0.750. The van der Waals surface area contributed by atoms with Crippen LogP contribution in [-0.2, 0) is 32.8 Å². The molecule has 0 radical (unpaired) electrons. The Hall–Kier alpha value is -0.843. The minimum atomic E-state index is -2.23. The smallest absolute Gasteiger partial charge is 0.192 e. The van der Waals surface area contributed by atoms with Crippen LogP contribution in [0.25, 0.3) is 0 Å². The minimum absolute atomic E-state index is 0.00808. The van der Waals surface area contributed by atoms with E-state index in [0.717, 1.165) is 5.56 Å². The molecule has 0 unspecified atom stereocenters. The minimum Gasteiger partial charge on any atom is -0.408 e. The average Bonchev–Trinajstić information content (AvgIpc) is 3.07. The van der Waals surface area contributed by atoms with E-state index >= 15 is 0 Å². The van der Waals surface area contributed by atoms with Gasteiger partial charge in [0.25, 0.3) is 0 Å². The number of benzene rings is 1. The lowest BCUT2D eigenvalue weighted by Crippen LogP contribution is -2.54. The van der Waals surface area contributed by atoms with Crippen molar-refractivity contribution in [2.24, 2.45) is 0 Å². The van der Waals surface area contributed by atoms with Crippen molar-refractivity contribution in [1.29, 1.82) is 0 Å². The molecule has 1 aliphatic heterocycles. The normalized spacial score (nSPS) is 22.0. The van der Waals surface area contributed by atoms with E-state index < -0.39 is 32.4 Å². The third-order valence-corrected chi connectivity index (χ3v) is 10.6. The highest BCUT2D eigenvalue weighted by molar-refractivity contribution is 6.74. The van der Waals surface area contributed by atoms with E-state index in [2.05, 4.69) is 33.9 Å². The Morgan fingerprint density at radius 3 is 2.12 bits per heavy atom. The van der Waals surface area contributed by atoms with Crippen LogP contribution in [0, 0.1) is 0 Å². The van der Waals surface area contributed by atoms with Crippen LogP contribution in [0.4, 0.5) is 0 Å². The van der Waals surface area contributed by atoms with Gasteiger partial charge in [0.2, 0.25) is 0 Å². The zero-order valence-electron chi connectivity index (χ0n) is 21.2. The topological polar surface area (TPSA) is 64.6 Å². The van der Waals surface area contributed by atoms with Gasteiger partial charge in [-0.1, -0.05) is 51.1 Å². The van der Waals surface area contributed by atoms with E-state index in [9.17, 15) is 0 Å². The molecule has 0 aliphatic carbocycles. The number of ether oxygens (including phenoxy) is 6. The zero-order chi connectivity index (χ0) is 24.0. The fourth-order valence-corrected chi connectivity index (χ4v) is 4.71. The standard InChI is InChI=1S/C24H42O7Si/c1-23(2,3)32(8,9)31-22(20(27-16-25-6)18-13-11-10-12-14-18)21(28-17-26-7)19-15-29-24(4,5)30-19/h10-14,19-22H,15-17H2,1-9H3/t19-,20-,21+,22+/m0/s1. The van der Waals surface area contributed by atoms with Gasteiger partial charge in [0.1, 0.15) is 38.0 Å². The molecule has 184 valence electrons. The summed E-state index contributed by atoms with van der Waals surface area (Å²) in [5.74, 6) is -0.698. The van der Waals surface area contributed by atoms with Crippen molar-refractivity contribution in [3.8, 4) is 0 Å². The molecule has 1 aromatic rings. The van der Waals surface area contributed by atoms with Gasteiger partial charge in [0.05, 0.1) is 6.61 Å². The molecule has 1 fully saturated rings. The Kier molecular flexibility index (Phi) is 9.87. The predicted octanol–water partition coefficient (Wildman–Crippen LogP) is 4.88. The first-order valence-corrected chi connectivity index (χ1v) is 14.1. The van der Waals surface area contributed by atoms with E-state index in [-0.39, 0.29) is 24.7 Å². The summed E-state index contributed by atoms with van der Waals surface area (Å²) >= 11 is 0. The van der Waals surface area contributed by atoms with E-state index in [1.54, 1.807) is 14.2 Å². The molecule has 1 aromatic carbocycles. The Balaban J connectivity index is 2.51. The summed E-state index contributed by atoms with van der Waals surface area (Å²) in [5, 5.41) is -0.00808. The van der Waals surface area contributed by atoms with Crippen molar-refractivity contribution in [1.82, 2.24) is 0 Å². The Morgan fingerprint density at radius 2 is 1.62 bits per heavy atom. The lowest BCUT2D eigenvalue weighted by molar-refractivity contribution is -0.208. The third-order valence-electron chi connectivity index (χ3n) is 6.13. The van der Waals surface area contributed by atoms with Crippen LogP contribution >= 0.6 is 0 Å². The molecule has 32 heavy (non-hydrogen) atoms. The molecule has 0 bridgehead atoms. The van der Waals surface area contributed by atoms with Gasteiger partial charge in [0.15, 0.2) is 14.1 Å². The van der Waals surface area contributed by atoms with E-state index in [4.69, 9.17) is 32.8 Å². The highest BCUT2D eigenvalue weighted by Gasteiger charge is 2.49. The number of hydrogen-bond donors (Lipinski definition) is 0. The van der Waals surface area contributed by atoms with Crippen molar-refractivity contribution in [3.05, 3.63) is 35.9 Å². The Morgan fingerprint density at radius 1 is 1.03 bits per heavy atom. The molecule has 1 heterocycles. The van der Waals surface area contributed by atoms with Crippen molar-refractivity contribution >= 4 is 8.32 Å². The van der Waals surface area contributed by atoms with Gasteiger partial charge in [-0.2, -0.15) is 0 Å². The molecular weight excluding hydrogens is 428 g/mol. The van der Waals surface area contributed by atoms with Crippen LogP contribution in [0.2, 0.25) is 18.1 Å². The first-order valence-electron chi connectivity index (χ1n) is 11.2. The van der Waals surface area contributed by atoms with Gasteiger partial charge in [0, 0.05) is 14.2 Å². The molecule has 4 atom stereocenters. The van der Waals surface area contributed by atoms with Crippen LogP contribution < -0.4 is 0 Å². The lowest BCUT2D eigenvalue weighted by atomic mass is 9.97. The molecule has 7 nitrogen and oxygen atoms in total. The van der Waals surface area contributed by atoms with Gasteiger partial charge >= 0.3 is 0 Å². The van der Waals surface area contributed by atoms with Gasteiger partial charge in [-0.15, -0.1) is 0 Å². The second kappa shape index (κ2) is 11.5. The first-order chi connectivity index (χ1) is 14.9. The van der Waals surface area contributed by atoms with Crippen LogP contribution in [0.15, 0.2) is 30.3 Å². The van der Waals surface area contributed by atoms with Crippen molar-refractivity contribution in [2.45, 2.75) is 83.0 Å². The fourth-order valence-electron chi connectivity index (χ4n) is 3.42. The van der Waals surface area contributed by atoms with Gasteiger partial charge in [-0.25, -0.2) is 0 Å². The zero-order valence-corrected chi connectivity index (χ0v) is 22.2. The van der Waals surface area contributed by atoms with E-state index in [0.29, 0.717) is 6.61 Å². The van der Waals surface area contributed by atoms with Gasteiger partial charge < -0.3 is 32.8 Å². The molecule has 0 N–H and O–H groups in total. The number of hydrogen-bond acceptors (Lipinski definition) is 7. The highest BCUT2D eigenvalue weighted by atomic mass is 28.4. The van der Waals surface area contributed by atoms with E-state index in [1.165, 1.54) is 0 Å². The van der Waals surface area contributed by atoms with Crippen LogP contribution in [0.1, 0.15) is 46.3 Å². The maximum absolute atomic E-state index is 7.00. The molecule has 8 heteroatoms. The monoisotopic (exact) mass is 470 g/mol. The van der Waals surface area contributed by atoms with Crippen molar-refractivity contribution in [2.75, 3.05) is 34.4 Å². The SMILES string of the molecule is COCO[C@@H]([C@H](O[Si](C)(C)C(C)(C)C)[C@@H](OCOC)c1ccccc1)[C@@H]1COC(C)(C)O1. The average molecular weight is 471 g/mol. The molecule has 0 saturated carbocycles. The highest BCUT2D eigenvalue weighted by Crippen LogP contribution is 2.42. The Bertz CT molecular complexity index is 675. The maximum atomic E-state index is 7.00. The molecule has 0 aromatic heterocycles. The summed E-state index contributed by atoms with van der Waals surface area (Å²) in [6, 6.07) is 10.0. The maximum Gasteiger partial charge on any atom is 0.192 e. The molecule has 1 aliphatic rings. The molecule has 0 amide bonds. The molecule has 1 saturated heterocycles. The summed E-state index contributed by atoms with van der Waals surface area (Å²) in [6.07, 6.45) is -1.72. The quantitative estimate of drug-likeness (QED) is 0.319. The lowest BCUT2D eigenvalue weighted by Gasteiger charge is -2.44. The summed E-state index contributed by atoms with van der Waals surface area (Å²) in [6.45, 7) is 15.5.